The maximum absolute atomic E-state index is 13.2. The second-order valence-electron chi connectivity index (χ2n) is 8.00. The summed E-state index contributed by atoms with van der Waals surface area (Å²) in [5.41, 5.74) is 3.04. The lowest BCUT2D eigenvalue weighted by molar-refractivity contribution is -0.143. The number of nitrogens with zero attached hydrogens (tertiary/aromatic N) is 1. The minimum absolute atomic E-state index is 0.0422. The quantitative estimate of drug-likeness (QED) is 0.557. The Hall–Kier alpha value is -2.53. The van der Waals surface area contributed by atoms with Gasteiger partial charge in [-0.15, -0.1) is 0 Å². The smallest absolute Gasteiger partial charge is 0.261 e. The van der Waals surface area contributed by atoms with E-state index >= 15 is 0 Å². The van der Waals surface area contributed by atoms with Crippen LogP contribution < -0.4 is 10.1 Å². The van der Waals surface area contributed by atoms with E-state index in [0.717, 1.165) is 23.1 Å². The molecule has 5 nitrogen and oxygen atoms in total. The molecule has 0 aliphatic heterocycles. The van der Waals surface area contributed by atoms with E-state index in [9.17, 15) is 9.59 Å². The van der Waals surface area contributed by atoms with Crippen LogP contribution in [0, 0.1) is 13.8 Å². The second kappa shape index (κ2) is 11.8. The third-order valence-corrected chi connectivity index (χ3v) is 5.46. The number of hydrogen-bond donors (Lipinski definition) is 1. The number of halogens is 1. The molecule has 2 rings (SSSR count). The van der Waals surface area contributed by atoms with Gasteiger partial charge in [0.05, 0.1) is 0 Å². The van der Waals surface area contributed by atoms with Crippen molar-refractivity contribution in [3.05, 3.63) is 64.2 Å². The van der Waals surface area contributed by atoms with E-state index in [0.29, 0.717) is 23.7 Å². The third-order valence-electron chi connectivity index (χ3n) is 5.21. The average molecular weight is 445 g/mol. The van der Waals surface area contributed by atoms with Crippen molar-refractivity contribution in [2.75, 3.05) is 6.61 Å². The minimum Gasteiger partial charge on any atom is -0.484 e. The van der Waals surface area contributed by atoms with Gasteiger partial charge in [-0.3, -0.25) is 9.59 Å². The molecule has 0 heterocycles. The average Bonchev–Trinajstić information content (AvgIpc) is 2.72. The van der Waals surface area contributed by atoms with Crippen LogP contribution in [0.25, 0.3) is 0 Å². The molecule has 0 aromatic heterocycles. The number of ether oxygens (including phenoxy) is 1. The van der Waals surface area contributed by atoms with Crippen LogP contribution >= 0.6 is 11.6 Å². The predicted molar refractivity (Wildman–Crippen MR) is 125 cm³/mol. The van der Waals surface area contributed by atoms with E-state index in [-0.39, 0.29) is 24.5 Å². The Labute approximate surface area is 190 Å². The topological polar surface area (TPSA) is 58.6 Å². The number of carbonyl (C=O) groups is 2. The van der Waals surface area contributed by atoms with Crippen LogP contribution in [0.3, 0.4) is 0 Å². The minimum atomic E-state index is -0.583. The van der Waals surface area contributed by atoms with Crippen LogP contribution in [0.1, 0.15) is 50.3 Å². The fourth-order valence-corrected chi connectivity index (χ4v) is 3.52. The zero-order valence-corrected chi connectivity index (χ0v) is 19.8. The van der Waals surface area contributed by atoms with Gasteiger partial charge in [0.15, 0.2) is 6.61 Å². The first-order valence-corrected chi connectivity index (χ1v) is 11.2. The number of aryl methyl sites for hydroxylation is 2. The number of amides is 2. The Bertz CT molecular complexity index is 863. The molecule has 168 valence electrons. The van der Waals surface area contributed by atoms with Crippen molar-refractivity contribution in [3.8, 4) is 5.75 Å². The summed E-state index contributed by atoms with van der Waals surface area (Å²) in [6.45, 7) is 10.0. The molecule has 0 fully saturated rings. The van der Waals surface area contributed by atoms with Gasteiger partial charge in [0.1, 0.15) is 11.8 Å². The highest BCUT2D eigenvalue weighted by Gasteiger charge is 2.29. The number of benzene rings is 2. The SMILES string of the molecule is CC[C@H](C)NC(=O)[C@H](CC)N(Cc1ccc(Cl)cc1)C(=O)COc1cc(C)cc(C)c1. The van der Waals surface area contributed by atoms with Crippen LogP contribution in [-0.4, -0.2) is 35.4 Å². The van der Waals surface area contributed by atoms with Crippen LogP contribution in [0.2, 0.25) is 5.02 Å². The number of hydrogen-bond acceptors (Lipinski definition) is 3. The summed E-state index contributed by atoms with van der Waals surface area (Å²) in [5.74, 6) is 0.264. The molecule has 0 spiro atoms. The van der Waals surface area contributed by atoms with Crippen LogP contribution in [0.5, 0.6) is 5.75 Å². The molecular formula is C25H33ClN2O3. The summed E-state index contributed by atoms with van der Waals surface area (Å²) in [6, 6.07) is 12.6. The Kier molecular flexibility index (Phi) is 9.38. The highest BCUT2D eigenvalue weighted by atomic mass is 35.5. The molecule has 31 heavy (non-hydrogen) atoms. The molecule has 2 atom stereocenters. The molecule has 0 aliphatic carbocycles. The van der Waals surface area contributed by atoms with E-state index in [2.05, 4.69) is 5.32 Å². The number of carbonyl (C=O) groups excluding carboxylic acids is 2. The van der Waals surface area contributed by atoms with Crippen molar-refractivity contribution in [3.63, 3.8) is 0 Å². The van der Waals surface area contributed by atoms with E-state index < -0.39 is 6.04 Å². The van der Waals surface area contributed by atoms with Crippen molar-refractivity contribution in [1.29, 1.82) is 0 Å². The van der Waals surface area contributed by atoms with Gasteiger partial charge in [-0.1, -0.05) is 43.6 Å². The fraction of sp³-hybridized carbons (Fsp3) is 0.440. The second-order valence-corrected chi connectivity index (χ2v) is 8.44. The van der Waals surface area contributed by atoms with Gasteiger partial charge in [-0.25, -0.2) is 0 Å². The molecule has 2 amide bonds. The number of rotatable bonds is 10. The van der Waals surface area contributed by atoms with Crippen LogP contribution in [0.4, 0.5) is 0 Å². The summed E-state index contributed by atoms with van der Waals surface area (Å²) >= 11 is 6.00. The summed E-state index contributed by atoms with van der Waals surface area (Å²) in [7, 11) is 0. The van der Waals surface area contributed by atoms with E-state index in [1.165, 1.54) is 0 Å². The Balaban J connectivity index is 2.22. The van der Waals surface area contributed by atoms with Gasteiger partial charge >= 0.3 is 0 Å². The van der Waals surface area contributed by atoms with Gasteiger partial charge in [0.2, 0.25) is 5.91 Å². The van der Waals surface area contributed by atoms with Gasteiger partial charge in [0.25, 0.3) is 5.91 Å². The van der Waals surface area contributed by atoms with Crippen LogP contribution in [-0.2, 0) is 16.1 Å². The van der Waals surface area contributed by atoms with Crippen LogP contribution in [0.15, 0.2) is 42.5 Å². The first kappa shape index (κ1) is 24.7. The largest absolute Gasteiger partial charge is 0.484 e. The molecule has 0 saturated carbocycles. The summed E-state index contributed by atoms with van der Waals surface area (Å²) < 4.78 is 5.80. The normalized spacial score (nSPS) is 12.7. The van der Waals surface area contributed by atoms with Gasteiger partial charge in [0, 0.05) is 17.6 Å². The summed E-state index contributed by atoms with van der Waals surface area (Å²) in [6.07, 6.45) is 1.33. The first-order valence-electron chi connectivity index (χ1n) is 10.8. The lowest BCUT2D eigenvalue weighted by Gasteiger charge is -2.31. The molecule has 0 aliphatic rings. The molecule has 0 unspecified atom stereocenters. The standard InChI is InChI=1S/C25H33ClN2O3/c1-6-19(5)27-25(30)23(7-2)28(15-20-8-10-21(26)11-9-20)24(29)16-31-22-13-17(3)12-18(4)14-22/h8-14,19,23H,6-7,15-16H2,1-5H3,(H,27,30)/t19-,23-/m0/s1. The molecule has 0 saturated heterocycles. The van der Waals surface area contributed by atoms with E-state index in [1.54, 1.807) is 17.0 Å². The first-order chi connectivity index (χ1) is 14.7. The molecule has 0 radical (unpaired) electrons. The Morgan fingerprint density at radius 3 is 2.19 bits per heavy atom. The highest BCUT2D eigenvalue weighted by molar-refractivity contribution is 6.30. The predicted octanol–water partition coefficient (Wildman–Crippen LogP) is 5.06. The maximum Gasteiger partial charge on any atom is 0.261 e. The van der Waals surface area contributed by atoms with Crippen molar-refractivity contribution < 1.29 is 14.3 Å². The molecule has 0 bridgehead atoms. The molecular weight excluding hydrogens is 412 g/mol. The van der Waals surface area contributed by atoms with Gasteiger partial charge in [-0.05, 0) is 74.6 Å². The Morgan fingerprint density at radius 1 is 1.03 bits per heavy atom. The Morgan fingerprint density at radius 2 is 1.65 bits per heavy atom. The molecule has 2 aromatic rings. The lowest BCUT2D eigenvalue weighted by atomic mass is 10.1. The number of nitrogens with one attached hydrogen (secondary N) is 1. The monoisotopic (exact) mass is 444 g/mol. The van der Waals surface area contributed by atoms with Crippen molar-refractivity contribution in [2.45, 2.75) is 66.1 Å². The summed E-state index contributed by atoms with van der Waals surface area (Å²) in [5, 5.41) is 3.63. The molecule has 6 heteroatoms. The fourth-order valence-electron chi connectivity index (χ4n) is 3.39. The summed E-state index contributed by atoms with van der Waals surface area (Å²) in [4.78, 5) is 27.7. The van der Waals surface area contributed by atoms with E-state index in [1.807, 2.05) is 65.0 Å². The van der Waals surface area contributed by atoms with E-state index in [4.69, 9.17) is 16.3 Å². The molecule has 1 N–H and O–H groups in total. The highest BCUT2D eigenvalue weighted by Crippen LogP contribution is 2.18. The zero-order valence-electron chi connectivity index (χ0n) is 19.1. The third kappa shape index (κ3) is 7.59. The zero-order chi connectivity index (χ0) is 23.0. The lowest BCUT2D eigenvalue weighted by Crippen LogP contribution is -2.51. The van der Waals surface area contributed by atoms with Crippen molar-refractivity contribution >= 4 is 23.4 Å². The van der Waals surface area contributed by atoms with Crippen molar-refractivity contribution in [1.82, 2.24) is 10.2 Å². The maximum atomic E-state index is 13.2. The molecule has 2 aromatic carbocycles. The van der Waals surface area contributed by atoms with Crippen molar-refractivity contribution in [2.24, 2.45) is 0 Å². The van der Waals surface area contributed by atoms with Gasteiger partial charge < -0.3 is 15.0 Å². The van der Waals surface area contributed by atoms with Gasteiger partial charge in [-0.2, -0.15) is 0 Å².